The molecule has 4 N–H and O–H groups in total. The smallest absolute Gasteiger partial charge is 0.269 e. The minimum Gasteiger partial charge on any atom is -0.391 e. The normalized spacial score (nSPS) is 12.4. The number of halogens is 3. The number of hydrogen-bond acceptors (Lipinski definition) is 5. The monoisotopic (exact) mass is 422 g/mol. The fourth-order valence-corrected chi connectivity index (χ4v) is 2.61. The molecule has 2 rings (SSSR count). The van der Waals surface area contributed by atoms with Crippen LogP contribution in [0.5, 0.6) is 0 Å². The third-order valence-electron chi connectivity index (χ3n) is 4.06. The van der Waals surface area contributed by atoms with Crippen molar-refractivity contribution in [2.75, 3.05) is 5.32 Å². The van der Waals surface area contributed by atoms with Gasteiger partial charge >= 0.3 is 0 Å². The van der Waals surface area contributed by atoms with Gasteiger partial charge in [0.1, 0.15) is 12.1 Å². The van der Waals surface area contributed by atoms with E-state index in [9.17, 15) is 23.5 Å². The molecule has 0 bridgehead atoms. The molecule has 0 saturated heterocycles. The van der Waals surface area contributed by atoms with E-state index in [4.69, 9.17) is 16.9 Å². The van der Waals surface area contributed by atoms with Gasteiger partial charge < -0.3 is 10.4 Å². The molecule has 2 amide bonds. The molecular formula is C19H17ClF2N4O3. The lowest BCUT2D eigenvalue weighted by atomic mass is 10.1. The molecule has 0 spiro atoms. The second-order valence-corrected chi connectivity index (χ2v) is 6.52. The minimum absolute atomic E-state index is 0.203. The number of carbonyl (C=O) groups is 2. The lowest BCUT2D eigenvalue weighted by Crippen LogP contribution is -2.52. The second-order valence-electron chi connectivity index (χ2n) is 6.15. The molecule has 0 aliphatic heterocycles. The summed E-state index contributed by atoms with van der Waals surface area (Å²) in [4.78, 5) is 24.4. The number of rotatable bonds is 5. The quantitative estimate of drug-likeness (QED) is 0.552. The average Bonchev–Trinajstić information content (AvgIpc) is 2.68. The number of carbonyl (C=O) groups excluding carboxylic acids is 2. The second kappa shape index (κ2) is 9.32. The summed E-state index contributed by atoms with van der Waals surface area (Å²) in [6, 6.07) is 6.24. The SMILES string of the molecule is Cc1c(NC(C(=O)NNC(=O)c2ccc(F)c(F)c2)[C@@H](C)O)ccc(C#N)c1Cl. The van der Waals surface area contributed by atoms with E-state index in [1.165, 1.54) is 19.1 Å². The first-order valence-corrected chi connectivity index (χ1v) is 8.72. The maximum atomic E-state index is 13.2. The van der Waals surface area contributed by atoms with E-state index >= 15 is 0 Å². The maximum Gasteiger partial charge on any atom is 0.269 e. The third kappa shape index (κ3) is 5.19. The van der Waals surface area contributed by atoms with Gasteiger partial charge in [-0.3, -0.25) is 20.4 Å². The van der Waals surface area contributed by atoms with Crippen molar-refractivity contribution in [1.82, 2.24) is 10.9 Å². The molecule has 0 radical (unpaired) electrons. The van der Waals surface area contributed by atoms with Crippen molar-refractivity contribution in [1.29, 1.82) is 5.26 Å². The Morgan fingerprint density at radius 3 is 2.45 bits per heavy atom. The zero-order valence-corrected chi connectivity index (χ0v) is 16.1. The summed E-state index contributed by atoms with van der Waals surface area (Å²) < 4.78 is 26.2. The van der Waals surface area contributed by atoms with Gasteiger partial charge in [0.05, 0.1) is 16.7 Å². The van der Waals surface area contributed by atoms with Crippen molar-refractivity contribution >= 4 is 29.1 Å². The summed E-state index contributed by atoms with van der Waals surface area (Å²) >= 11 is 6.10. The van der Waals surface area contributed by atoms with Crippen LogP contribution in [0.3, 0.4) is 0 Å². The number of hydrogen-bond donors (Lipinski definition) is 4. The Morgan fingerprint density at radius 2 is 1.86 bits per heavy atom. The Kier molecular flexibility index (Phi) is 7.09. The third-order valence-corrected chi connectivity index (χ3v) is 4.55. The van der Waals surface area contributed by atoms with Gasteiger partial charge in [-0.2, -0.15) is 5.26 Å². The van der Waals surface area contributed by atoms with Crippen LogP contribution in [0.2, 0.25) is 5.02 Å². The first-order valence-electron chi connectivity index (χ1n) is 8.34. The first-order chi connectivity index (χ1) is 13.6. The summed E-state index contributed by atoms with van der Waals surface area (Å²) in [5.74, 6) is -3.99. The van der Waals surface area contributed by atoms with Crippen LogP contribution in [0, 0.1) is 29.9 Å². The van der Waals surface area contributed by atoms with Crippen molar-refractivity contribution in [3.05, 3.63) is 63.7 Å². The fraction of sp³-hybridized carbons (Fsp3) is 0.211. The molecule has 0 aliphatic rings. The fourth-order valence-electron chi connectivity index (χ4n) is 2.41. The number of aliphatic hydroxyl groups is 1. The highest BCUT2D eigenvalue weighted by Gasteiger charge is 2.25. The summed E-state index contributed by atoms with van der Waals surface area (Å²) in [6.07, 6.45) is -1.18. The largest absolute Gasteiger partial charge is 0.391 e. The summed E-state index contributed by atoms with van der Waals surface area (Å²) in [5, 5.41) is 21.9. The predicted molar refractivity (Wildman–Crippen MR) is 102 cm³/mol. The van der Waals surface area contributed by atoms with Crippen LogP contribution < -0.4 is 16.2 Å². The molecule has 10 heteroatoms. The van der Waals surface area contributed by atoms with Crippen LogP contribution in [0.15, 0.2) is 30.3 Å². The Balaban J connectivity index is 2.10. The highest BCUT2D eigenvalue weighted by molar-refractivity contribution is 6.32. The van der Waals surface area contributed by atoms with Gasteiger partial charge in [-0.15, -0.1) is 0 Å². The zero-order valence-electron chi connectivity index (χ0n) is 15.4. The molecule has 29 heavy (non-hydrogen) atoms. The van der Waals surface area contributed by atoms with Gasteiger partial charge in [0.25, 0.3) is 11.8 Å². The molecule has 7 nitrogen and oxygen atoms in total. The van der Waals surface area contributed by atoms with Crippen LogP contribution in [-0.4, -0.2) is 29.1 Å². The van der Waals surface area contributed by atoms with Crippen molar-refractivity contribution < 1.29 is 23.5 Å². The minimum atomic E-state index is -1.21. The van der Waals surface area contributed by atoms with Crippen LogP contribution >= 0.6 is 11.6 Å². The lowest BCUT2D eigenvalue weighted by molar-refractivity contribution is -0.124. The molecule has 2 aromatic carbocycles. The Bertz CT molecular complexity index is 992. The number of nitriles is 1. The molecule has 2 aromatic rings. The summed E-state index contributed by atoms with van der Waals surface area (Å²) in [5.41, 5.74) is 5.12. The molecule has 0 heterocycles. The molecular weight excluding hydrogens is 406 g/mol. The van der Waals surface area contributed by atoms with Crippen molar-refractivity contribution in [2.24, 2.45) is 0 Å². The highest BCUT2D eigenvalue weighted by Crippen LogP contribution is 2.27. The number of amides is 2. The zero-order chi connectivity index (χ0) is 21.7. The number of benzene rings is 2. The van der Waals surface area contributed by atoms with Crippen molar-refractivity contribution in [3.63, 3.8) is 0 Å². The number of anilines is 1. The molecule has 0 aromatic heterocycles. The number of hydrazine groups is 1. The van der Waals surface area contributed by atoms with E-state index in [2.05, 4.69) is 16.2 Å². The lowest BCUT2D eigenvalue weighted by Gasteiger charge is -2.23. The van der Waals surface area contributed by atoms with Gasteiger partial charge in [0, 0.05) is 11.3 Å². The molecule has 0 saturated carbocycles. The molecule has 2 atom stereocenters. The molecule has 0 fully saturated rings. The predicted octanol–water partition coefficient (Wildman–Crippen LogP) is 2.42. The first kappa shape index (κ1) is 22.1. The Morgan fingerprint density at radius 1 is 1.17 bits per heavy atom. The van der Waals surface area contributed by atoms with E-state index in [0.29, 0.717) is 17.3 Å². The molecule has 0 aliphatic carbocycles. The highest BCUT2D eigenvalue weighted by atomic mass is 35.5. The van der Waals surface area contributed by atoms with Crippen molar-refractivity contribution in [2.45, 2.75) is 26.0 Å². The maximum absolute atomic E-state index is 13.2. The Labute approximate surface area is 170 Å². The van der Waals surface area contributed by atoms with E-state index in [1.807, 2.05) is 6.07 Å². The van der Waals surface area contributed by atoms with Gasteiger partial charge in [0.2, 0.25) is 0 Å². The number of aliphatic hydroxyl groups excluding tert-OH is 1. The van der Waals surface area contributed by atoms with Crippen LogP contribution in [0.1, 0.15) is 28.4 Å². The van der Waals surface area contributed by atoms with Crippen molar-refractivity contribution in [3.8, 4) is 6.07 Å². The van der Waals surface area contributed by atoms with Gasteiger partial charge in [-0.1, -0.05) is 11.6 Å². The van der Waals surface area contributed by atoms with E-state index < -0.39 is 35.6 Å². The van der Waals surface area contributed by atoms with Gasteiger partial charge in [-0.25, -0.2) is 8.78 Å². The van der Waals surface area contributed by atoms with Gasteiger partial charge in [0.15, 0.2) is 11.6 Å². The van der Waals surface area contributed by atoms with Crippen LogP contribution in [0.4, 0.5) is 14.5 Å². The van der Waals surface area contributed by atoms with E-state index in [1.54, 1.807) is 6.92 Å². The van der Waals surface area contributed by atoms with Crippen LogP contribution in [0.25, 0.3) is 0 Å². The van der Waals surface area contributed by atoms with E-state index in [0.717, 1.165) is 12.1 Å². The number of nitrogens with zero attached hydrogens (tertiary/aromatic N) is 1. The number of nitrogens with one attached hydrogen (secondary N) is 3. The molecule has 1 unspecified atom stereocenters. The van der Waals surface area contributed by atoms with E-state index in [-0.39, 0.29) is 16.1 Å². The van der Waals surface area contributed by atoms with Crippen LogP contribution in [-0.2, 0) is 4.79 Å². The molecule has 152 valence electrons. The summed E-state index contributed by atoms with van der Waals surface area (Å²) in [7, 11) is 0. The average molecular weight is 423 g/mol. The van der Waals surface area contributed by atoms with Gasteiger partial charge in [-0.05, 0) is 49.7 Å². The summed E-state index contributed by atoms with van der Waals surface area (Å²) in [6.45, 7) is 2.99. The standard InChI is InChI=1S/C19H17ClF2N4O3/c1-9-15(6-4-12(8-23)16(9)20)24-17(10(2)27)19(29)26-25-18(28)11-3-5-13(21)14(22)7-11/h3-7,10,17,24,27H,1-2H3,(H,25,28)(H,26,29)/t10-,17?/m1/s1. The Hall–Kier alpha value is -3.22. The topological polar surface area (TPSA) is 114 Å².